The van der Waals surface area contributed by atoms with E-state index in [2.05, 4.69) is 22.1 Å². The van der Waals surface area contributed by atoms with E-state index in [-0.39, 0.29) is 11.9 Å². The first-order chi connectivity index (χ1) is 10.1. The van der Waals surface area contributed by atoms with Crippen LogP contribution in [0.2, 0.25) is 5.02 Å². The lowest BCUT2D eigenvalue weighted by molar-refractivity contribution is -0.144. The van der Waals surface area contributed by atoms with Gasteiger partial charge in [-0.3, -0.25) is 9.69 Å². The van der Waals surface area contributed by atoms with Gasteiger partial charge in [0.1, 0.15) is 5.82 Å². The van der Waals surface area contributed by atoms with Crippen LogP contribution in [-0.2, 0) is 16.1 Å². The summed E-state index contributed by atoms with van der Waals surface area (Å²) >= 11 is 6.23. The van der Waals surface area contributed by atoms with E-state index in [9.17, 15) is 4.79 Å². The molecule has 1 aromatic heterocycles. The van der Waals surface area contributed by atoms with E-state index in [1.807, 2.05) is 12.1 Å². The first-order valence-electron chi connectivity index (χ1n) is 7.33. The van der Waals surface area contributed by atoms with E-state index >= 15 is 0 Å². The number of carbonyl (C=O) groups is 1. The van der Waals surface area contributed by atoms with Gasteiger partial charge in [0.05, 0.1) is 23.7 Å². The number of rotatable bonds is 6. The lowest BCUT2D eigenvalue weighted by Gasteiger charge is -2.16. The largest absolute Gasteiger partial charge is 0.469 e. The standard InChI is InChI=1S/C15H22ClN3O2/c1-3-7-17-14-5-4-12(16)13(18-14)10-19-8-6-11(9-19)15(20)21-2/h4-5,11H,3,6-10H2,1-2H3,(H,17,18). The zero-order valence-electron chi connectivity index (χ0n) is 12.6. The number of nitrogens with zero attached hydrogens (tertiary/aromatic N) is 2. The maximum Gasteiger partial charge on any atom is 0.310 e. The highest BCUT2D eigenvalue weighted by atomic mass is 35.5. The number of pyridine rings is 1. The molecule has 1 aliphatic rings. The number of halogens is 1. The number of likely N-dealkylation sites (tertiary alicyclic amines) is 1. The first-order valence-corrected chi connectivity index (χ1v) is 7.71. The van der Waals surface area contributed by atoms with Crippen LogP contribution in [0.15, 0.2) is 12.1 Å². The number of hydrogen-bond donors (Lipinski definition) is 1. The van der Waals surface area contributed by atoms with Crippen LogP contribution in [0.4, 0.5) is 5.82 Å². The van der Waals surface area contributed by atoms with Gasteiger partial charge >= 0.3 is 5.97 Å². The SMILES string of the molecule is CCCNc1ccc(Cl)c(CN2CCC(C(=O)OC)C2)n1. The molecule has 6 heteroatoms. The summed E-state index contributed by atoms with van der Waals surface area (Å²) in [6.45, 7) is 5.23. The Morgan fingerprint density at radius 2 is 2.38 bits per heavy atom. The molecule has 1 unspecified atom stereocenters. The summed E-state index contributed by atoms with van der Waals surface area (Å²) in [5, 5.41) is 3.93. The van der Waals surface area contributed by atoms with Crippen molar-refractivity contribution >= 4 is 23.4 Å². The molecule has 2 rings (SSSR count). The van der Waals surface area contributed by atoms with Crippen LogP contribution >= 0.6 is 11.6 Å². The molecule has 1 atom stereocenters. The second kappa shape index (κ2) is 7.61. The van der Waals surface area contributed by atoms with Crippen LogP contribution in [0.25, 0.3) is 0 Å². The fourth-order valence-electron chi connectivity index (χ4n) is 2.49. The van der Waals surface area contributed by atoms with E-state index < -0.39 is 0 Å². The van der Waals surface area contributed by atoms with Gasteiger partial charge in [-0.15, -0.1) is 0 Å². The van der Waals surface area contributed by atoms with Crippen molar-refractivity contribution in [2.24, 2.45) is 5.92 Å². The molecule has 1 aliphatic heterocycles. The highest BCUT2D eigenvalue weighted by Gasteiger charge is 2.29. The molecule has 1 saturated heterocycles. The summed E-state index contributed by atoms with van der Waals surface area (Å²) in [4.78, 5) is 18.3. The Morgan fingerprint density at radius 1 is 1.57 bits per heavy atom. The number of ether oxygens (including phenoxy) is 1. The number of methoxy groups -OCH3 is 1. The highest BCUT2D eigenvalue weighted by Crippen LogP contribution is 2.23. The number of nitrogens with one attached hydrogen (secondary N) is 1. The van der Waals surface area contributed by atoms with Crippen LogP contribution < -0.4 is 5.32 Å². The van der Waals surface area contributed by atoms with Crippen LogP contribution in [0.3, 0.4) is 0 Å². The number of carbonyl (C=O) groups excluding carboxylic acids is 1. The zero-order chi connectivity index (χ0) is 15.2. The maximum absolute atomic E-state index is 11.6. The number of anilines is 1. The van der Waals surface area contributed by atoms with E-state index in [1.165, 1.54) is 7.11 Å². The molecule has 2 heterocycles. The highest BCUT2D eigenvalue weighted by molar-refractivity contribution is 6.31. The maximum atomic E-state index is 11.6. The molecule has 0 aliphatic carbocycles. The van der Waals surface area contributed by atoms with E-state index in [0.29, 0.717) is 18.1 Å². The lowest BCUT2D eigenvalue weighted by atomic mass is 10.1. The molecule has 0 aromatic carbocycles. The topological polar surface area (TPSA) is 54.5 Å². The Kier molecular flexibility index (Phi) is 5.82. The fraction of sp³-hybridized carbons (Fsp3) is 0.600. The van der Waals surface area contributed by atoms with E-state index in [1.54, 1.807) is 0 Å². The van der Waals surface area contributed by atoms with Gasteiger partial charge in [0, 0.05) is 19.6 Å². The molecule has 0 spiro atoms. The minimum absolute atomic E-state index is 0.0322. The van der Waals surface area contributed by atoms with Gasteiger partial charge in [0.25, 0.3) is 0 Å². The van der Waals surface area contributed by atoms with E-state index in [4.69, 9.17) is 16.3 Å². The van der Waals surface area contributed by atoms with Gasteiger partial charge in [-0.1, -0.05) is 18.5 Å². The van der Waals surface area contributed by atoms with Gasteiger partial charge in [-0.2, -0.15) is 0 Å². The average Bonchev–Trinajstić information content (AvgIpc) is 2.95. The van der Waals surface area contributed by atoms with Crippen molar-refractivity contribution in [2.75, 3.05) is 32.1 Å². The Balaban J connectivity index is 1.98. The Morgan fingerprint density at radius 3 is 3.10 bits per heavy atom. The predicted octanol–water partition coefficient (Wildman–Crippen LogP) is 2.55. The second-order valence-corrected chi connectivity index (χ2v) is 5.70. The summed E-state index contributed by atoms with van der Waals surface area (Å²) in [6.07, 6.45) is 1.88. The van der Waals surface area contributed by atoms with Gasteiger partial charge in [0.2, 0.25) is 0 Å². The molecule has 0 radical (unpaired) electrons. The van der Waals surface area contributed by atoms with Crippen LogP contribution in [-0.4, -0.2) is 42.6 Å². The minimum Gasteiger partial charge on any atom is -0.469 e. The lowest BCUT2D eigenvalue weighted by Crippen LogP contribution is -2.24. The smallest absolute Gasteiger partial charge is 0.310 e. The summed E-state index contributed by atoms with van der Waals surface area (Å²) < 4.78 is 4.80. The van der Waals surface area contributed by atoms with Crippen molar-refractivity contribution < 1.29 is 9.53 Å². The molecule has 1 aromatic rings. The van der Waals surface area contributed by atoms with Crippen LogP contribution in [0.5, 0.6) is 0 Å². The molecule has 0 saturated carbocycles. The molecule has 116 valence electrons. The Hall–Kier alpha value is -1.33. The van der Waals surface area contributed by atoms with E-state index in [0.717, 1.165) is 37.4 Å². The molecule has 1 N–H and O–H groups in total. The summed E-state index contributed by atoms with van der Waals surface area (Å²) in [5.41, 5.74) is 0.850. The third-order valence-electron chi connectivity index (χ3n) is 3.66. The molecular formula is C15H22ClN3O2. The van der Waals surface area contributed by atoms with Gasteiger partial charge in [-0.25, -0.2) is 4.98 Å². The average molecular weight is 312 g/mol. The number of esters is 1. The van der Waals surface area contributed by atoms with Crippen molar-refractivity contribution in [1.82, 2.24) is 9.88 Å². The Bertz CT molecular complexity index is 496. The van der Waals surface area contributed by atoms with Gasteiger partial charge in [-0.05, 0) is 31.5 Å². The van der Waals surface area contributed by atoms with Gasteiger partial charge in [0.15, 0.2) is 0 Å². The molecule has 0 bridgehead atoms. The van der Waals surface area contributed by atoms with Crippen LogP contribution in [0, 0.1) is 5.92 Å². The molecule has 1 fully saturated rings. The third-order valence-corrected chi connectivity index (χ3v) is 4.00. The number of hydrogen-bond acceptors (Lipinski definition) is 5. The number of aromatic nitrogens is 1. The summed E-state index contributed by atoms with van der Waals surface area (Å²) in [6, 6.07) is 3.76. The van der Waals surface area contributed by atoms with Crippen molar-refractivity contribution in [3.63, 3.8) is 0 Å². The zero-order valence-corrected chi connectivity index (χ0v) is 13.3. The van der Waals surface area contributed by atoms with Gasteiger partial charge < -0.3 is 10.1 Å². The summed E-state index contributed by atoms with van der Waals surface area (Å²) in [5.74, 6) is 0.685. The van der Waals surface area contributed by atoms with Crippen molar-refractivity contribution in [1.29, 1.82) is 0 Å². The van der Waals surface area contributed by atoms with Crippen molar-refractivity contribution in [2.45, 2.75) is 26.3 Å². The first kappa shape index (κ1) is 16.0. The van der Waals surface area contributed by atoms with Crippen molar-refractivity contribution in [3.05, 3.63) is 22.8 Å². The molecular weight excluding hydrogens is 290 g/mol. The second-order valence-electron chi connectivity index (χ2n) is 5.30. The molecule has 5 nitrogen and oxygen atoms in total. The normalized spacial score (nSPS) is 18.7. The van der Waals surface area contributed by atoms with Crippen molar-refractivity contribution in [3.8, 4) is 0 Å². The Labute approximate surface area is 130 Å². The summed E-state index contributed by atoms with van der Waals surface area (Å²) in [7, 11) is 1.44. The van der Waals surface area contributed by atoms with Crippen LogP contribution in [0.1, 0.15) is 25.5 Å². The molecule has 0 amide bonds. The fourth-order valence-corrected chi connectivity index (χ4v) is 2.66. The minimum atomic E-state index is -0.130. The quantitative estimate of drug-likeness (QED) is 0.818. The third kappa shape index (κ3) is 4.32. The monoisotopic (exact) mass is 311 g/mol. The predicted molar refractivity (Wildman–Crippen MR) is 83.4 cm³/mol. The molecule has 21 heavy (non-hydrogen) atoms.